The number of rotatable bonds is 4. The van der Waals surface area contributed by atoms with Crippen molar-refractivity contribution >= 4 is 29.3 Å². The third kappa shape index (κ3) is 3.27. The minimum atomic E-state index is -0.251. The number of nitrogens with zero attached hydrogens (tertiary/aromatic N) is 3. The SMILES string of the molecule is O=C1OCC[C@H]1Sc1nnc(-c2ccccc2)n1-c1ccc(Cl)cc1. The number of hydrogen-bond acceptors (Lipinski definition) is 5. The Morgan fingerprint density at radius 3 is 2.52 bits per heavy atom. The van der Waals surface area contributed by atoms with Gasteiger partial charge < -0.3 is 4.74 Å². The van der Waals surface area contributed by atoms with Gasteiger partial charge in [-0.1, -0.05) is 53.7 Å². The summed E-state index contributed by atoms with van der Waals surface area (Å²) in [5, 5.41) is 9.75. The van der Waals surface area contributed by atoms with Gasteiger partial charge in [0.25, 0.3) is 0 Å². The number of cyclic esters (lactones) is 1. The van der Waals surface area contributed by atoms with Crippen LogP contribution in [0.5, 0.6) is 0 Å². The molecule has 1 aliphatic heterocycles. The Morgan fingerprint density at radius 1 is 1.08 bits per heavy atom. The van der Waals surface area contributed by atoms with Crippen molar-refractivity contribution in [3.63, 3.8) is 0 Å². The molecular formula is C18H14ClN3O2S. The molecule has 0 bridgehead atoms. The Balaban J connectivity index is 1.80. The molecule has 0 unspecified atom stereocenters. The predicted octanol–water partition coefficient (Wildman–Crippen LogP) is 4.00. The molecule has 0 radical (unpaired) electrons. The van der Waals surface area contributed by atoms with Crippen LogP contribution in [-0.4, -0.2) is 32.6 Å². The summed E-state index contributed by atoms with van der Waals surface area (Å²) in [6, 6.07) is 17.3. The fourth-order valence-corrected chi connectivity index (χ4v) is 3.80. The Morgan fingerprint density at radius 2 is 1.84 bits per heavy atom. The van der Waals surface area contributed by atoms with Gasteiger partial charge in [-0.3, -0.25) is 9.36 Å². The van der Waals surface area contributed by atoms with E-state index in [1.54, 1.807) is 0 Å². The van der Waals surface area contributed by atoms with E-state index in [1.807, 2.05) is 59.2 Å². The molecule has 1 aromatic heterocycles. The van der Waals surface area contributed by atoms with E-state index >= 15 is 0 Å². The molecule has 0 saturated carbocycles. The van der Waals surface area contributed by atoms with Crippen LogP contribution in [0.2, 0.25) is 5.02 Å². The lowest BCUT2D eigenvalue weighted by molar-refractivity contribution is -0.137. The molecule has 126 valence electrons. The van der Waals surface area contributed by atoms with Crippen LogP contribution in [0.15, 0.2) is 59.8 Å². The van der Waals surface area contributed by atoms with Gasteiger partial charge in [0.2, 0.25) is 0 Å². The molecule has 1 fully saturated rings. The number of carbonyl (C=O) groups excluding carboxylic acids is 1. The fourth-order valence-electron chi connectivity index (χ4n) is 2.66. The lowest BCUT2D eigenvalue weighted by Gasteiger charge is -2.11. The number of aromatic nitrogens is 3. The monoisotopic (exact) mass is 371 g/mol. The summed E-state index contributed by atoms with van der Waals surface area (Å²) in [4.78, 5) is 11.8. The van der Waals surface area contributed by atoms with Gasteiger partial charge in [-0.05, 0) is 24.3 Å². The molecule has 25 heavy (non-hydrogen) atoms. The van der Waals surface area contributed by atoms with E-state index in [0.29, 0.717) is 23.2 Å². The molecule has 1 atom stereocenters. The van der Waals surface area contributed by atoms with Crippen molar-refractivity contribution in [3.05, 3.63) is 59.6 Å². The normalized spacial score (nSPS) is 16.8. The van der Waals surface area contributed by atoms with Crippen molar-refractivity contribution < 1.29 is 9.53 Å². The highest BCUT2D eigenvalue weighted by molar-refractivity contribution is 8.00. The highest BCUT2D eigenvalue weighted by atomic mass is 35.5. The zero-order valence-electron chi connectivity index (χ0n) is 13.1. The minimum Gasteiger partial charge on any atom is -0.465 e. The van der Waals surface area contributed by atoms with Crippen molar-refractivity contribution in [1.29, 1.82) is 0 Å². The van der Waals surface area contributed by atoms with Crippen molar-refractivity contribution in [2.75, 3.05) is 6.61 Å². The van der Waals surface area contributed by atoms with Crippen LogP contribution in [0.4, 0.5) is 0 Å². The fraction of sp³-hybridized carbons (Fsp3) is 0.167. The topological polar surface area (TPSA) is 57.0 Å². The van der Waals surface area contributed by atoms with Crippen LogP contribution in [0, 0.1) is 0 Å². The van der Waals surface area contributed by atoms with Crippen LogP contribution in [0.1, 0.15) is 6.42 Å². The van der Waals surface area contributed by atoms with Crippen LogP contribution in [-0.2, 0) is 9.53 Å². The largest absolute Gasteiger partial charge is 0.465 e. The number of halogens is 1. The average Bonchev–Trinajstić information content (AvgIpc) is 3.24. The zero-order valence-corrected chi connectivity index (χ0v) is 14.7. The first-order valence-electron chi connectivity index (χ1n) is 7.82. The van der Waals surface area contributed by atoms with E-state index in [9.17, 15) is 4.79 Å². The summed E-state index contributed by atoms with van der Waals surface area (Å²) in [7, 11) is 0. The zero-order chi connectivity index (χ0) is 17.2. The summed E-state index contributed by atoms with van der Waals surface area (Å²) in [6.07, 6.45) is 0.678. The van der Waals surface area contributed by atoms with Gasteiger partial charge >= 0.3 is 5.97 Å². The molecule has 3 aromatic rings. The molecule has 2 aromatic carbocycles. The summed E-state index contributed by atoms with van der Waals surface area (Å²) < 4.78 is 7.00. The molecule has 4 rings (SSSR count). The molecule has 7 heteroatoms. The van der Waals surface area contributed by atoms with Gasteiger partial charge in [0.15, 0.2) is 11.0 Å². The summed E-state index contributed by atoms with van der Waals surface area (Å²) in [5.74, 6) is 0.522. The van der Waals surface area contributed by atoms with Gasteiger partial charge in [0.1, 0.15) is 5.25 Å². The quantitative estimate of drug-likeness (QED) is 0.649. The van der Waals surface area contributed by atoms with Crippen molar-refractivity contribution in [2.24, 2.45) is 0 Å². The Bertz CT molecular complexity index is 896. The van der Waals surface area contributed by atoms with E-state index in [2.05, 4.69) is 10.2 Å². The lowest BCUT2D eigenvalue weighted by Crippen LogP contribution is -2.11. The van der Waals surface area contributed by atoms with Crippen LogP contribution in [0.25, 0.3) is 17.1 Å². The Labute approximate surface area is 154 Å². The third-order valence-electron chi connectivity index (χ3n) is 3.89. The number of esters is 1. The molecule has 1 saturated heterocycles. The smallest absolute Gasteiger partial charge is 0.319 e. The number of hydrogen-bond donors (Lipinski definition) is 0. The summed E-state index contributed by atoms with van der Waals surface area (Å²) >= 11 is 7.40. The van der Waals surface area contributed by atoms with E-state index in [1.165, 1.54) is 11.8 Å². The van der Waals surface area contributed by atoms with Crippen molar-refractivity contribution in [2.45, 2.75) is 16.8 Å². The van der Waals surface area contributed by atoms with E-state index in [0.717, 1.165) is 17.1 Å². The molecule has 0 aliphatic carbocycles. The summed E-state index contributed by atoms with van der Waals surface area (Å²) in [5.41, 5.74) is 1.84. The number of benzene rings is 2. The van der Waals surface area contributed by atoms with E-state index < -0.39 is 0 Å². The van der Waals surface area contributed by atoms with E-state index in [4.69, 9.17) is 16.3 Å². The molecular weight excluding hydrogens is 358 g/mol. The average molecular weight is 372 g/mol. The van der Waals surface area contributed by atoms with Gasteiger partial charge in [0.05, 0.1) is 6.61 Å². The molecule has 5 nitrogen and oxygen atoms in total. The standard InChI is InChI=1S/C18H14ClN3O2S/c19-13-6-8-14(9-7-13)22-16(12-4-2-1-3-5-12)20-21-18(22)25-15-10-11-24-17(15)23/h1-9,15H,10-11H2/t15-/m1/s1. The second kappa shape index (κ2) is 6.90. The highest BCUT2D eigenvalue weighted by Gasteiger charge is 2.30. The van der Waals surface area contributed by atoms with Crippen molar-refractivity contribution in [3.8, 4) is 17.1 Å². The first-order valence-corrected chi connectivity index (χ1v) is 9.08. The highest BCUT2D eigenvalue weighted by Crippen LogP contribution is 2.33. The van der Waals surface area contributed by atoms with Gasteiger partial charge in [-0.25, -0.2) is 0 Å². The second-order valence-corrected chi connectivity index (χ2v) is 7.15. The maximum atomic E-state index is 11.8. The molecule has 1 aliphatic rings. The van der Waals surface area contributed by atoms with Crippen LogP contribution in [0.3, 0.4) is 0 Å². The minimum absolute atomic E-state index is 0.197. The van der Waals surface area contributed by atoms with Gasteiger partial charge in [-0.15, -0.1) is 10.2 Å². The number of thioether (sulfide) groups is 1. The first-order chi connectivity index (χ1) is 12.2. The van der Waals surface area contributed by atoms with Gasteiger partial charge in [0, 0.05) is 22.7 Å². The van der Waals surface area contributed by atoms with Gasteiger partial charge in [-0.2, -0.15) is 0 Å². The number of carbonyl (C=O) groups is 1. The second-order valence-electron chi connectivity index (χ2n) is 5.55. The number of ether oxygens (including phenoxy) is 1. The predicted molar refractivity (Wildman–Crippen MR) is 97.0 cm³/mol. The first kappa shape index (κ1) is 16.2. The van der Waals surface area contributed by atoms with E-state index in [-0.39, 0.29) is 11.2 Å². The molecule has 2 heterocycles. The Hall–Kier alpha value is -2.31. The molecule has 0 N–H and O–H groups in total. The van der Waals surface area contributed by atoms with Crippen molar-refractivity contribution in [1.82, 2.24) is 14.8 Å². The third-order valence-corrected chi connectivity index (χ3v) is 5.32. The maximum absolute atomic E-state index is 11.8. The molecule has 0 amide bonds. The molecule has 0 spiro atoms. The summed E-state index contributed by atoms with van der Waals surface area (Å²) in [6.45, 7) is 0.455. The van der Waals surface area contributed by atoms with Crippen LogP contribution >= 0.6 is 23.4 Å². The Kier molecular flexibility index (Phi) is 4.46. The maximum Gasteiger partial charge on any atom is 0.319 e. The lowest BCUT2D eigenvalue weighted by atomic mass is 10.2. The van der Waals surface area contributed by atoms with Crippen LogP contribution < -0.4 is 0 Å².